The number of carbonyl (C=O) groups excluding carboxylic acids is 1. The fraction of sp³-hybridized carbons (Fsp3) is 0.368. The summed E-state index contributed by atoms with van der Waals surface area (Å²) in [5, 5.41) is 11.5. The number of likely N-dealkylation sites (tertiary alicyclic amines) is 1. The molecule has 8 heteroatoms. The van der Waals surface area contributed by atoms with Crippen LogP contribution in [-0.2, 0) is 7.05 Å². The molecule has 3 aromatic heterocycles. The molecule has 140 valence electrons. The lowest BCUT2D eigenvalue weighted by atomic mass is 10.0. The molecule has 0 aromatic carbocycles. The van der Waals surface area contributed by atoms with Crippen LogP contribution in [0.3, 0.4) is 0 Å². The maximum atomic E-state index is 13.0. The molecule has 1 atom stereocenters. The van der Waals surface area contributed by atoms with Crippen molar-refractivity contribution in [1.29, 1.82) is 0 Å². The van der Waals surface area contributed by atoms with E-state index < -0.39 is 0 Å². The van der Waals surface area contributed by atoms with Gasteiger partial charge in [-0.15, -0.1) is 0 Å². The van der Waals surface area contributed by atoms with Gasteiger partial charge in [-0.25, -0.2) is 4.79 Å². The predicted molar refractivity (Wildman–Crippen MR) is 100 cm³/mol. The lowest BCUT2D eigenvalue weighted by Gasteiger charge is -2.25. The minimum Gasteiger partial charge on any atom is -0.361 e. The SMILES string of the molecule is Cc1noc(C)c1[C@@H]1CCCN1C(=O)Nc1cc(-c2cccnc2)nn1C. The number of hydrogen-bond acceptors (Lipinski definition) is 5. The molecule has 1 fully saturated rings. The maximum Gasteiger partial charge on any atom is 0.323 e. The van der Waals surface area contributed by atoms with E-state index in [1.807, 2.05) is 44.0 Å². The van der Waals surface area contributed by atoms with Crippen LogP contribution in [0.15, 0.2) is 35.1 Å². The predicted octanol–water partition coefficient (Wildman–Crippen LogP) is 3.46. The van der Waals surface area contributed by atoms with Gasteiger partial charge in [0.2, 0.25) is 0 Å². The fourth-order valence-electron chi connectivity index (χ4n) is 3.70. The van der Waals surface area contributed by atoms with Crippen molar-refractivity contribution in [3.63, 3.8) is 0 Å². The van der Waals surface area contributed by atoms with Gasteiger partial charge in [-0.1, -0.05) is 5.16 Å². The Kier molecular flexibility index (Phi) is 4.39. The molecule has 0 spiro atoms. The summed E-state index contributed by atoms with van der Waals surface area (Å²) in [6, 6.07) is 5.51. The van der Waals surface area contributed by atoms with Crippen LogP contribution >= 0.6 is 0 Å². The van der Waals surface area contributed by atoms with Crippen LogP contribution in [0.1, 0.15) is 35.9 Å². The summed E-state index contributed by atoms with van der Waals surface area (Å²) < 4.78 is 6.96. The van der Waals surface area contributed by atoms with E-state index in [1.54, 1.807) is 17.1 Å². The molecule has 3 aromatic rings. The summed E-state index contributed by atoms with van der Waals surface area (Å²) >= 11 is 0. The quantitative estimate of drug-likeness (QED) is 0.767. The van der Waals surface area contributed by atoms with Gasteiger partial charge in [0.05, 0.1) is 17.4 Å². The third kappa shape index (κ3) is 3.18. The Balaban J connectivity index is 1.55. The Morgan fingerprint density at radius 1 is 1.37 bits per heavy atom. The number of urea groups is 1. The topological polar surface area (TPSA) is 89.1 Å². The smallest absolute Gasteiger partial charge is 0.323 e. The summed E-state index contributed by atoms with van der Waals surface area (Å²) in [5.41, 5.74) is 3.54. The van der Waals surface area contributed by atoms with Gasteiger partial charge >= 0.3 is 6.03 Å². The average molecular weight is 366 g/mol. The Bertz CT molecular complexity index is 942. The second-order valence-electron chi connectivity index (χ2n) is 6.80. The van der Waals surface area contributed by atoms with E-state index in [0.717, 1.165) is 41.1 Å². The molecular weight excluding hydrogens is 344 g/mol. The van der Waals surface area contributed by atoms with Crippen molar-refractivity contribution in [3.8, 4) is 11.3 Å². The molecule has 2 amide bonds. The molecule has 0 unspecified atom stereocenters. The number of hydrogen-bond donors (Lipinski definition) is 1. The molecule has 1 aliphatic rings. The van der Waals surface area contributed by atoms with Gasteiger partial charge in [-0.2, -0.15) is 5.10 Å². The van der Waals surface area contributed by atoms with Gasteiger partial charge in [0, 0.05) is 43.2 Å². The first kappa shape index (κ1) is 17.3. The molecule has 0 aliphatic carbocycles. The summed E-state index contributed by atoms with van der Waals surface area (Å²) in [6.07, 6.45) is 5.33. The van der Waals surface area contributed by atoms with E-state index in [2.05, 4.69) is 20.6 Å². The molecule has 1 aliphatic heterocycles. The standard InChI is InChI=1S/C19H22N6O2/c1-12-18(13(2)27-23-12)16-7-5-9-25(16)19(26)21-17-10-15(22-24(17)3)14-6-4-8-20-11-14/h4,6,8,10-11,16H,5,7,9H2,1-3H3,(H,21,26)/t16-/m0/s1. The Morgan fingerprint density at radius 3 is 2.93 bits per heavy atom. The van der Waals surface area contributed by atoms with Crippen LogP contribution in [0.2, 0.25) is 0 Å². The summed E-state index contributed by atoms with van der Waals surface area (Å²) in [5.74, 6) is 1.42. The average Bonchev–Trinajstić information content (AvgIpc) is 3.36. The first-order valence-corrected chi connectivity index (χ1v) is 8.99. The molecule has 0 saturated carbocycles. The lowest BCUT2D eigenvalue weighted by Crippen LogP contribution is -2.35. The number of carbonyl (C=O) groups is 1. The van der Waals surface area contributed by atoms with Crippen LogP contribution in [0, 0.1) is 13.8 Å². The highest BCUT2D eigenvalue weighted by molar-refractivity contribution is 5.89. The number of anilines is 1. The van der Waals surface area contributed by atoms with E-state index in [4.69, 9.17) is 4.52 Å². The molecule has 1 saturated heterocycles. The van der Waals surface area contributed by atoms with Gasteiger partial charge in [0.15, 0.2) is 0 Å². The number of rotatable bonds is 3. The minimum atomic E-state index is -0.141. The second kappa shape index (κ2) is 6.86. The Labute approximate surface area is 157 Å². The van der Waals surface area contributed by atoms with Crippen LogP contribution < -0.4 is 5.32 Å². The normalized spacial score (nSPS) is 16.7. The number of nitrogens with one attached hydrogen (secondary N) is 1. The molecule has 8 nitrogen and oxygen atoms in total. The van der Waals surface area contributed by atoms with Gasteiger partial charge in [0.25, 0.3) is 0 Å². The van der Waals surface area contributed by atoms with Crippen molar-refractivity contribution in [2.75, 3.05) is 11.9 Å². The number of nitrogens with zero attached hydrogens (tertiary/aromatic N) is 5. The second-order valence-corrected chi connectivity index (χ2v) is 6.80. The molecular formula is C19H22N6O2. The third-order valence-corrected chi connectivity index (χ3v) is 5.01. The first-order valence-electron chi connectivity index (χ1n) is 8.99. The monoisotopic (exact) mass is 366 g/mol. The van der Waals surface area contributed by atoms with Crippen molar-refractivity contribution >= 4 is 11.8 Å². The third-order valence-electron chi connectivity index (χ3n) is 5.01. The molecule has 0 bridgehead atoms. The number of pyridine rings is 1. The van der Waals surface area contributed by atoms with Gasteiger partial charge < -0.3 is 9.42 Å². The van der Waals surface area contributed by atoms with E-state index in [0.29, 0.717) is 12.4 Å². The largest absolute Gasteiger partial charge is 0.361 e. The zero-order chi connectivity index (χ0) is 19.0. The first-order chi connectivity index (χ1) is 13.0. The molecule has 27 heavy (non-hydrogen) atoms. The Hall–Kier alpha value is -3.16. The molecule has 1 N–H and O–H groups in total. The minimum absolute atomic E-state index is 0.0118. The van der Waals surface area contributed by atoms with E-state index in [-0.39, 0.29) is 12.1 Å². The number of aryl methyl sites for hydroxylation is 3. The van der Waals surface area contributed by atoms with Crippen molar-refractivity contribution in [3.05, 3.63) is 47.6 Å². The van der Waals surface area contributed by atoms with E-state index in [1.165, 1.54) is 0 Å². The highest BCUT2D eigenvalue weighted by atomic mass is 16.5. The fourth-order valence-corrected chi connectivity index (χ4v) is 3.70. The van der Waals surface area contributed by atoms with Crippen molar-refractivity contribution in [2.24, 2.45) is 7.05 Å². The summed E-state index contributed by atoms with van der Waals surface area (Å²) in [4.78, 5) is 18.9. The molecule has 4 rings (SSSR count). The zero-order valence-corrected chi connectivity index (χ0v) is 15.6. The lowest BCUT2D eigenvalue weighted by molar-refractivity contribution is 0.206. The Morgan fingerprint density at radius 2 is 2.22 bits per heavy atom. The highest BCUT2D eigenvalue weighted by Crippen LogP contribution is 2.36. The van der Waals surface area contributed by atoms with Gasteiger partial charge in [0.1, 0.15) is 11.6 Å². The van der Waals surface area contributed by atoms with E-state index >= 15 is 0 Å². The van der Waals surface area contributed by atoms with Crippen LogP contribution in [0.5, 0.6) is 0 Å². The summed E-state index contributed by atoms with van der Waals surface area (Å²) in [6.45, 7) is 4.51. The highest BCUT2D eigenvalue weighted by Gasteiger charge is 2.34. The van der Waals surface area contributed by atoms with E-state index in [9.17, 15) is 4.79 Å². The van der Waals surface area contributed by atoms with Crippen molar-refractivity contribution in [2.45, 2.75) is 32.7 Å². The maximum absolute atomic E-state index is 13.0. The van der Waals surface area contributed by atoms with Gasteiger partial charge in [-0.3, -0.25) is 15.0 Å². The van der Waals surface area contributed by atoms with Crippen molar-refractivity contribution in [1.82, 2.24) is 24.8 Å². The van der Waals surface area contributed by atoms with Crippen LogP contribution in [0.4, 0.5) is 10.6 Å². The number of aromatic nitrogens is 4. The van der Waals surface area contributed by atoms with Gasteiger partial charge in [-0.05, 0) is 38.8 Å². The molecule has 4 heterocycles. The van der Waals surface area contributed by atoms with Crippen LogP contribution in [-0.4, -0.2) is 37.4 Å². The molecule has 0 radical (unpaired) electrons. The summed E-state index contributed by atoms with van der Waals surface area (Å²) in [7, 11) is 1.81. The van der Waals surface area contributed by atoms with Crippen molar-refractivity contribution < 1.29 is 9.32 Å². The number of amides is 2. The van der Waals surface area contributed by atoms with Crippen LogP contribution in [0.25, 0.3) is 11.3 Å². The zero-order valence-electron chi connectivity index (χ0n) is 15.6.